The van der Waals surface area contributed by atoms with Gasteiger partial charge in [0.15, 0.2) is 6.61 Å². The molecule has 2 aromatic rings. The van der Waals surface area contributed by atoms with Crippen LogP contribution in [0.15, 0.2) is 48.5 Å². The largest absolute Gasteiger partial charge is 0.493 e. The van der Waals surface area contributed by atoms with E-state index in [9.17, 15) is 9.59 Å². The monoisotopic (exact) mass is 341 g/mol. The summed E-state index contributed by atoms with van der Waals surface area (Å²) < 4.78 is 10.7. The Morgan fingerprint density at radius 2 is 1.84 bits per heavy atom. The first-order valence-corrected chi connectivity index (χ1v) is 8.21. The van der Waals surface area contributed by atoms with Crippen LogP contribution in [0.4, 0.5) is 5.69 Å². The molecule has 0 atom stereocenters. The highest BCUT2D eigenvalue weighted by atomic mass is 16.5. The lowest BCUT2D eigenvalue weighted by Gasteiger charge is -2.10. The van der Waals surface area contributed by atoms with Gasteiger partial charge in [0.05, 0.1) is 12.2 Å². The average Bonchev–Trinajstić information content (AvgIpc) is 2.60. The standard InChI is InChI=1S/C20H23NO4/c1-14(2)12-24-17-9-6-8-16(11-17)20(23)25-13-19(22)21-18-10-5-4-7-15(18)3/h4-11,14H,12-13H2,1-3H3,(H,21,22). The van der Waals surface area contributed by atoms with Gasteiger partial charge in [-0.3, -0.25) is 4.79 Å². The first-order valence-electron chi connectivity index (χ1n) is 8.21. The molecule has 132 valence electrons. The van der Waals surface area contributed by atoms with Crippen LogP contribution in [0, 0.1) is 12.8 Å². The van der Waals surface area contributed by atoms with Crippen LogP contribution in [0.1, 0.15) is 29.8 Å². The van der Waals surface area contributed by atoms with Gasteiger partial charge in [0.25, 0.3) is 5.91 Å². The van der Waals surface area contributed by atoms with Gasteiger partial charge in [-0.2, -0.15) is 0 Å². The maximum atomic E-state index is 12.1. The number of carbonyl (C=O) groups is 2. The van der Waals surface area contributed by atoms with Crippen molar-refractivity contribution in [3.63, 3.8) is 0 Å². The van der Waals surface area contributed by atoms with Gasteiger partial charge in [0, 0.05) is 5.69 Å². The molecule has 0 radical (unpaired) electrons. The van der Waals surface area contributed by atoms with E-state index in [4.69, 9.17) is 9.47 Å². The highest BCUT2D eigenvalue weighted by Gasteiger charge is 2.12. The lowest BCUT2D eigenvalue weighted by molar-refractivity contribution is -0.119. The number of hydrogen-bond acceptors (Lipinski definition) is 4. The summed E-state index contributed by atoms with van der Waals surface area (Å²) in [5, 5.41) is 2.72. The van der Waals surface area contributed by atoms with E-state index in [1.807, 2.05) is 39.0 Å². The highest BCUT2D eigenvalue weighted by molar-refractivity contribution is 5.96. The van der Waals surface area contributed by atoms with E-state index in [1.54, 1.807) is 30.3 Å². The predicted molar refractivity (Wildman–Crippen MR) is 96.9 cm³/mol. The fourth-order valence-corrected chi connectivity index (χ4v) is 2.09. The third kappa shape index (κ3) is 5.95. The van der Waals surface area contributed by atoms with Gasteiger partial charge in [-0.15, -0.1) is 0 Å². The molecule has 5 heteroatoms. The van der Waals surface area contributed by atoms with Gasteiger partial charge < -0.3 is 14.8 Å². The second-order valence-corrected chi connectivity index (χ2v) is 6.17. The Morgan fingerprint density at radius 1 is 1.08 bits per heavy atom. The molecule has 0 fully saturated rings. The molecule has 0 bridgehead atoms. The number of aryl methyl sites for hydroxylation is 1. The minimum Gasteiger partial charge on any atom is -0.493 e. The molecule has 0 aliphatic carbocycles. The maximum absolute atomic E-state index is 12.1. The molecule has 0 aromatic heterocycles. The third-order valence-corrected chi connectivity index (χ3v) is 3.41. The van der Waals surface area contributed by atoms with Crippen molar-refractivity contribution in [1.82, 2.24) is 0 Å². The SMILES string of the molecule is Cc1ccccc1NC(=O)COC(=O)c1cccc(OCC(C)C)c1. The van der Waals surface area contributed by atoms with E-state index in [-0.39, 0.29) is 12.5 Å². The van der Waals surface area contributed by atoms with Gasteiger partial charge in [0.2, 0.25) is 0 Å². The normalized spacial score (nSPS) is 10.4. The zero-order valence-corrected chi connectivity index (χ0v) is 14.7. The number of amides is 1. The van der Waals surface area contributed by atoms with Crippen LogP contribution in [-0.2, 0) is 9.53 Å². The summed E-state index contributed by atoms with van der Waals surface area (Å²) in [7, 11) is 0. The van der Waals surface area contributed by atoms with Crippen LogP contribution in [0.2, 0.25) is 0 Å². The molecule has 0 aliphatic heterocycles. The van der Waals surface area contributed by atoms with Crippen LogP contribution in [-0.4, -0.2) is 25.1 Å². The quantitative estimate of drug-likeness (QED) is 0.778. The Kier molecular flexibility index (Phi) is 6.57. The molecule has 1 N–H and O–H groups in total. The predicted octanol–water partition coefficient (Wildman–Crippen LogP) is 3.83. The van der Waals surface area contributed by atoms with Gasteiger partial charge in [-0.05, 0) is 42.7 Å². The average molecular weight is 341 g/mol. The summed E-state index contributed by atoms with van der Waals surface area (Å²) in [6, 6.07) is 14.2. The van der Waals surface area contributed by atoms with Crippen LogP contribution in [0.25, 0.3) is 0 Å². The summed E-state index contributed by atoms with van der Waals surface area (Å²) in [5.74, 6) is 0.0538. The van der Waals surface area contributed by atoms with Crippen molar-refractivity contribution in [2.24, 2.45) is 5.92 Å². The van der Waals surface area contributed by atoms with E-state index in [2.05, 4.69) is 5.32 Å². The van der Waals surface area contributed by atoms with Crippen molar-refractivity contribution < 1.29 is 19.1 Å². The molecular weight excluding hydrogens is 318 g/mol. The summed E-state index contributed by atoms with van der Waals surface area (Å²) in [6.07, 6.45) is 0. The second-order valence-electron chi connectivity index (χ2n) is 6.17. The van der Waals surface area contributed by atoms with Crippen molar-refractivity contribution in [2.75, 3.05) is 18.5 Å². The molecule has 1 amide bonds. The van der Waals surface area contributed by atoms with E-state index in [0.717, 1.165) is 5.56 Å². The Hall–Kier alpha value is -2.82. The number of rotatable bonds is 7. The molecule has 0 aliphatic rings. The molecule has 5 nitrogen and oxygen atoms in total. The van der Waals surface area contributed by atoms with Gasteiger partial charge >= 0.3 is 5.97 Å². The topological polar surface area (TPSA) is 64.6 Å². The van der Waals surface area contributed by atoms with Crippen molar-refractivity contribution in [3.05, 3.63) is 59.7 Å². The number of anilines is 1. The van der Waals surface area contributed by atoms with E-state index < -0.39 is 5.97 Å². The number of hydrogen-bond donors (Lipinski definition) is 1. The maximum Gasteiger partial charge on any atom is 0.338 e. The molecule has 0 spiro atoms. The highest BCUT2D eigenvalue weighted by Crippen LogP contribution is 2.16. The molecule has 25 heavy (non-hydrogen) atoms. The number of esters is 1. The van der Waals surface area contributed by atoms with Crippen molar-refractivity contribution >= 4 is 17.6 Å². The van der Waals surface area contributed by atoms with Gasteiger partial charge in [-0.1, -0.05) is 38.1 Å². The summed E-state index contributed by atoms with van der Waals surface area (Å²) >= 11 is 0. The van der Waals surface area contributed by atoms with E-state index >= 15 is 0 Å². The van der Waals surface area contributed by atoms with Crippen molar-refractivity contribution in [2.45, 2.75) is 20.8 Å². The number of para-hydroxylation sites is 1. The van der Waals surface area contributed by atoms with Gasteiger partial charge in [0.1, 0.15) is 5.75 Å². The minimum absolute atomic E-state index is 0.343. The second kappa shape index (κ2) is 8.87. The zero-order chi connectivity index (χ0) is 18.2. The Morgan fingerprint density at radius 3 is 2.56 bits per heavy atom. The molecular formula is C20H23NO4. The first-order chi connectivity index (χ1) is 12.0. The Balaban J connectivity index is 1.88. The van der Waals surface area contributed by atoms with E-state index in [0.29, 0.717) is 29.5 Å². The molecule has 2 aromatic carbocycles. The van der Waals surface area contributed by atoms with Gasteiger partial charge in [-0.25, -0.2) is 4.79 Å². The lowest BCUT2D eigenvalue weighted by atomic mass is 10.2. The van der Waals surface area contributed by atoms with E-state index in [1.165, 1.54) is 0 Å². The number of benzene rings is 2. The Bertz CT molecular complexity index is 740. The smallest absolute Gasteiger partial charge is 0.338 e. The van der Waals surface area contributed by atoms with Crippen LogP contribution in [0.3, 0.4) is 0 Å². The first kappa shape index (κ1) is 18.5. The van der Waals surface area contributed by atoms with Crippen molar-refractivity contribution in [1.29, 1.82) is 0 Å². The fraction of sp³-hybridized carbons (Fsp3) is 0.300. The molecule has 0 saturated heterocycles. The van der Waals surface area contributed by atoms with Crippen LogP contribution < -0.4 is 10.1 Å². The molecule has 0 heterocycles. The number of ether oxygens (including phenoxy) is 2. The minimum atomic E-state index is -0.560. The lowest BCUT2D eigenvalue weighted by Crippen LogP contribution is -2.21. The summed E-state index contributed by atoms with van der Waals surface area (Å²) in [6.45, 7) is 6.21. The summed E-state index contributed by atoms with van der Waals surface area (Å²) in [4.78, 5) is 24.0. The number of nitrogens with one attached hydrogen (secondary N) is 1. The Labute approximate surface area is 148 Å². The van der Waals surface area contributed by atoms with Crippen molar-refractivity contribution in [3.8, 4) is 5.75 Å². The number of carbonyl (C=O) groups excluding carboxylic acids is 2. The molecule has 0 unspecified atom stereocenters. The molecule has 2 rings (SSSR count). The van der Waals surface area contributed by atoms with Crippen LogP contribution >= 0.6 is 0 Å². The summed E-state index contributed by atoms with van der Waals surface area (Å²) in [5.41, 5.74) is 2.00. The zero-order valence-electron chi connectivity index (χ0n) is 14.7. The molecule has 0 saturated carbocycles. The fourth-order valence-electron chi connectivity index (χ4n) is 2.09. The third-order valence-electron chi connectivity index (χ3n) is 3.41. The van der Waals surface area contributed by atoms with Crippen LogP contribution in [0.5, 0.6) is 5.75 Å².